The maximum absolute atomic E-state index is 11.1. The van der Waals surface area contributed by atoms with E-state index in [9.17, 15) is 8.42 Å². The quantitative estimate of drug-likeness (QED) is 0.722. The van der Waals surface area contributed by atoms with E-state index >= 15 is 0 Å². The van der Waals surface area contributed by atoms with Gasteiger partial charge in [-0.15, -0.1) is 0 Å². The molecule has 0 aromatic rings. The van der Waals surface area contributed by atoms with Crippen LogP contribution in [0.15, 0.2) is 0 Å². The van der Waals surface area contributed by atoms with Gasteiger partial charge in [-0.05, 0) is 31.3 Å². The fraction of sp³-hybridized carbons (Fsp3) is 1.00. The molecule has 1 rings (SSSR count). The van der Waals surface area contributed by atoms with Crippen LogP contribution in [0.25, 0.3) is 0 Å². The fourth-order valence-electron chi connectivity index (χ4n) is 1.69. The summed E-state index contributed by atoms with van der Waals surface area (Å²) >= 11 is 1.83. The molecule has 1 aliphatic heterocycles. The lowest BCUT2D eigenvalue weighted by Gasteiger charge is -2.35. The Hall–Kier alpha value is 0.550. The summed E-state index contributed by atoms with van der Waals surface area (Å²) in [5.74, 6) is 1.84. The van der Waals surface area contributed by atoms with Crippen LogP contribution in [0.2, 0.25) is 0 Å². The van der Waals surface area contributed by atoms with Gasteiger partial charge in [0.1, 0.15) is 0 Å². The average Bonchev–Trinajstić information content (AvgIpc) is 2.02. The van der Waals surface area contributed by atoms with E-state index in [1.165, 1.54) is 0 Å². The van der Waals surface area contributed by atoms with Gasteiger partial charge in [-0.2, -0.15) is 11.8 Å². The van der Waals surface area contributed by atoms with E-state index in [1.54, 1.807) is 0 Å². The van der Waals surface area contributed by atoms with E-state index in [2.05, 4.69) is 0 Å². The van der Waals surface area contributed by atoms with Crippen LogP contribution in [0.5, 0.6) is 0 Å². The van der Waals surface area contributed by atoms with Crippen molar-refractivity contribution in [3.05, 3.63) is 0 Å². The van der Waals surface area contributed by atoms with Gasteiger partial charge < -0.3 is 4.74 Å². The lowest BCUT2D eigenvalue weighted by atomic mass is 9.99. The van der Waals surface area contributed by atoms with Crippen LogP contribution in [0.1, 0.15) is 19.8 Å². The number of ether oxygens (including phenoxy) is 1. The van der Waals surface area contributed by atoms with Gasteiger partial charge >= 0.3 is 0 Å². The van der Waals surface area contributed by atoms with Gasteiger partial charge in [0.25, 0.3) is 0 Å². The summed E-state index contributed by atoms with van der Waals surface area (Å²) in [4.78, 5) is 0. The first-order valence-corrected chi connectivity index (χ1v) is 8.25. The van der Waals surface area contributed by atoms with E-state index in [1.807, 2.05) is 18.7 Å². The number of thioether (sulfide) groups is 1. The van der Waals surface area contributed by atoms with Gasteiger partial charge in [-0.25, -0.2) is 8.42 Å². The van der Waals surface area contributed by atoms with E-state index in [0.29, 0.717) is 6.61 Å². The predicted octanol–water partition coefficient (Wildman–Crippen LogP) is 1.86. The lowest BCUT2D eigenvalue weighted by Crippen LogP contribution is -2.42. The molecule has 0 saturated carbocycles. The molecule has 1 fully saturated rings. The molecule has 14 heavy (non-hydrogen) atoms. The van der Waals surface area contributed by atoms with Crippen molar-refractivity contribution in [2.24, 2.45) is 0 Å². The molecule has 3 nitrogen and oxygen atoms in total. The van der Waals surface area contributed by atoms with Crippen LogP contribution in [0.4, 0.5) is 0 Å². The molecule has 0 aromatic heterocycles. The zero-order chi connectivity index (χ0) is 10.7. The summed E-state index contributed by atoms with van der Waals surface area (Å²) in [6.07, 6.45) is 1.55. The second-order valence-corrected chi connectivity index (χ2v) is 7.41. The Bertz CT molecular complexity index is 265. The van der Waals surface area contributed by atoms with Crippen molar-refractivity contribution >= 4 is 31.5 Å². The number of hydrogen-bond acceptors (Lipinski definition) is 4. The van der Waals surface area contributed by atoms with Gasteiger partial charge in [0.2, 0.25) is 9.05 Å². The molecular formula is C8H15ClO3S2. The van der Waals surface area contributed by atoms with Crippen LogP contribution in [-0.4, -0.2) is 37.9 Å². The van der Waals surface area contributed by atoms with E-state index < -0.39 is 14.7 Å². The molecule has 0 amide bonds. The van der Waals surface area contributed by atoms with Crippen molar-refractivity contribution in [1.82, 2.24) is 0 Å². The standard InChI is InChI=1S/C8H15ClO3S2/c1-2-12-8(7-14(9,10)11)3-5-13-6-4-8/h2-7H2,1H3. The van der Waals surface area contributed by atoms with Crippen molar-refractivity contribution in [2.45, 2.75) is 25.4 Å². The van der Waals surface area contributed by atoms with Crippen LogP contribution in [0.3, 0.4) is 0 Å². The molecule has 0 aromatic carbocycles. The topological polar surface area (TPSA) is 43.4 Å². The molecule has 6 heteroatoms. The van der Waals surface area contributed by atoms with E-state index in [-0.39, 0.29) is 5.75 Å². The van der Waals surface area contributed by atoms with Crippen molar-refractivity contribution in [1.29, 1.82) is 0 Å². The van der Waals surface area contributed by atoms with E-state index in [0.717, 1.165) is 24.3 Å². The molecule has 0 bridgehead atoms. The van der Waals surface area contributed by atoms with Crippen LogP contribution in [0, 0.1) is 0 Å². The maximum atomic E-state index is 11.1. The molecular weight excluding hydrogens is 244 g/mol. The van der Waals surface area contributed by atoms with Crippen LogP contribution < -0.4 is 0 Å². The van der Waals surface area contributed by atoms with Crippen LogP contribution >= 0.6 is 22.4 Å². The second-order valence-electron chi connectivity index (χ2n) is 3.41. The zero-order valence-electron chi connectivity index (χ0n) is 8.16. The Morgan fingerprint density at radius 3 is 2.43 bits per heavy atom. The van der Waals surface area contributed by atoms with E-state index in [4.69, 9.17) is 15.4 Å². The number of hydrogen-bond donors (Lipinski definition) is 0. The Morgan fingerprint density at radius 1 is 1.43 bits per heavy atom. The Kier molecular flexibility index (Phi) is 4.56. The van der Waals surface area contributed by atoms with Gasteiger partial charge in [0, 0.05) is 17.3 Å². The monoisotopic (exact) mass is 258 g/mol. The minimum Gasteiger partial charge on any atom is -0.374 e. The van der Waals surface area contributed by atoms with Gasteiger partial charge in [-0.3, -0.25) is 0 Å². The van der Waals surface area contributed by atoms with Gasteiger partial charge in [-0.1, -0.05) is 0 Å². The third-order valence-corrected chi connectivity index (χ3v) is 4.47. The molecule has 1 heterocycles. The number of rotatable bonds is 4. The highest BCUT2D eigenvalue weighted by Crippen LogP contribution is 2.32. The third-order valence-electron chi connectivity index (χ3n) is 2.29. The summed E-state index contributed by atoms with van der Waals surface area (Å²) in [5.41, 5.74) is -0.527. The minimum absolute atomic E-state index is 0.0596. The largest absolute Gasteiger partial charge is 0.374 e. The summed E-state index contributed by atoms with van der Waals surface area (Å²) in [6, 6.07) is 0. The number of halogens is 1. The molecule has 1 aliphatic rings. The normalized spacial score (nSPS) is 22.1. The molecule has 0 spiro atoms. The molecule has 0 atom stereocenters. The summed E-state index contributed by atoms with van der Waals surface area (Å²) < 4.78 is 27.7. The first-order chi connectivity index (χ1) is 6.47. The Balaban J connectivity index is 2.70. The summed E-state index contributed by atoms with van der Waals surface area (Å²) in [6.45, 7) is 2.42. The minimum atomic E-state index is -3.47. The molecule has 0 radical (unpaired) electrons. The highest BCUT2D eigenvalue weighted by molar-refractivity contribution is 8.13. The molecule has 1 saturated heterocycles. The average molecular weight is 259 g/mol. The molecule has 0 aliphatic carbocycles. The summed E-state index contributed by atoms with van der Waals surface area (Å²) in [7, 11) is 1.81. The Morgan fingerprint density at radius 2 is 2.00 bits per heavy atom. The van der Waals surface area contributed by atoms with Gasteiger partial charge in [0.15, 0.2) is 0 Å². The first kappa shape index (κ1) is 12.6. The highest BCUT2D eigenvalue weighted by atomic mass is 35.7. The second kappa shape index (κ2) is 5.05. The zero-order valence-corrected chi connectivity index (χ0v) is 10.6. The maximum Gasteiger partial charge on any atom is 0.235 e. The molecule has 0 unspecified atom stereocenters. The van der Waals surface area contributed by atoms with Crippen molar-refractivity contribution < 1.29 is 13.2 Å². The highest BCUT2D eigenvalue weighted by Gasteiger charge is 2.37. The molecule has 0 N–H and O–H groups in total. The third kappa shape index (κ3) is 3.96. The first-order valence-electron chi connectivity index (χ1n) is 4.61. The smallest absolute Gasteiger partial charge is 0.235 e. The van der Waals surface area contributed by atoms with Crippen molar-refractivity contribution in [3.63, 3.8) is 0 Å². The van der Waals surface area contributed by atoms with Crippen molar-refractivity contribution in [3.8, 4) is 0 Å². The Labute approximate surface area is 94.0 Å². The SMILES string of the molecule is CCOC1(CS(=O)(=O)Cl)CCSCC1. The predicted molar refractivity (Wildman–Crippen MR) is 60.6 cm³/mol. The lowest BCUT2D eigenvalue weighted by molar-refractivity contribution is -0.0273. The molecule has 84 valence electrons. The summed E-state index contributed by atoms with van der Waals surface area (Å²) in [5, 5.41) is 0. The fourth-order valence-corrected chi connectivity index (χ4v) is 4.53. The van der Waals surface area contributed by atoms with Gasteiger partial charge in [0.05, 0.1) is 11.4 Å². The van der Waals surface area contributed by atoms with Crippen LogP contribution in [-0.2, 0) is 13.8 Å². The van der Waals surface area contributed by atoms with Crippen molar-refractivity contribution in [2.75, 3.05) is 23.9 Å².